The summed E-state index contributed by atoms with van der Waals surface area (Å²) < 4.78 is 60.0. The minimum Gasteiger partial charge on any atom is -0.506 e. The molecule has 4 rings (SSSR count). The van der Waals surface area contributed by atoms with Gasteiger partial charge in [-0.15, -0.1) is 0 Å². The van der Waals surface area contributed by atoms with Crippen LogP contribution in [0.1, 0.15) is 17.0 Å². The topological polar surface area (TPSA) is 67.5 Å². The molecule has 33 heavy (non-hydrogen) atoms. The Morgan fingerprint density at radius 1 is 0.909 bits per heavy atom. The Morgan fingerprint density at radius 3 is 2.15 bits per heavy atom. The van der Waals surface area contributed by atoms with Gasteiger partial charge in [-0.25, -0.2) is 9.07 Å². The van der Waals surface area contributed by atoms with Crippen molar-refractivity contribution in [2.24, 2.45) is 0 Å². The van der Waals surface area contributed by atoms with Crippen molar-refractivity contribution >= 4 is 0 Å². The standard InChI is InChI=1S/C24H18F4N2O3/c1-14-5-6-16(11-19(14)25)15-7-9-18(10-8-15)33-13-17-12-22(24(26,27)28)29-30(17)23-20(31)3-2-4-21(23)32/h2-12,31-32H,13H2,1H3. The summed E-state index contributed by atoms with van der Waals surface area (Å²) in [5.74, 6) is -0.853. The third-order valence-electron chi connectivity index (χ3n) is 5.02. The SMILES string of the molecule is Cc1ccc(-c2ccc(OCc3cc(C(F)(F)F)nn3-c3c(O)cccc3O)cc2)cc1F. The van der Waals surface area contributed by atoms with Crippen molar-refractivity contribution < 1.29 is 32.5 Å². The van der Waals surface area contributed by atoms with E-state index in [1.165, 1.54) is 24.3 Å². The maximum absolute atomic E-state index is 13.8. The predicted octanol–water partition coefficient (Wildman–Crippen LogP) is 6.00. The second-order valence-electron chi connectivity index (χ2n) is 7.35. The molecule has 0 aliphatic carbocycles. The van der Waals surface area contributed by atoms with E-state index in [1.54, 1.807) is 43.3 Å². The summed E-state index contributed by atoms with van der Waals surface area (Å²) >= 11 is 0. The maximum atomic E-state index is 13.8. The molecule has 0 spiro atoms. The Bertz CT molecular complexity index is 1280. The number of para-hydroxylation sites is 1. The molecule has 9 heteroatoms. The van der Waals surface area contributed by atoms with Gasteiger partial charge in [-0.05, 0) is 60.0 Å². The summed E-state index contributed by atoms with van der Waals surface area (Å²) in [6.45, 7) is 1.34. The lowest BCUT2D eigenvalue weighted by Crippen LogP contribution is -2.08. The molecule has 1 aromatic heterocycles. The molecule has 0 saturated heterocycles. The molecule has 0 radical (unpaired) electrons. The van der Waals surface area contributed by atoms with Gasteiger partial charge in [-0.2, -0.15) is 18.3 Å². The van der Waals surface area contributed by atoms with E-state index in [0.717, 1.165) is 16.3 Å². The van der Waals surface area contributed by atoms with Gasteiger partial charge >= 0.3 is 6.18 Å². The molecule has 5 nitrogen and oxygen atoms in total. The monoisotopic (exact) mass is 458 g/mol. The van der Waals surface area contributed by atoms with Crippen molar-refractivity contribution in [2.45, 2.75) is 19.7 Å². The summed E-state index contributed by atoms with van der Waals surface area (Å²) in [4.78, 5) is 0. The average molecular weight is 458 g/mol. The molecular formula is C24H18F4N2O3. The number of hydrogen-bond donors (Lipinski definition) is 2. The first kappa shape index (κ1) is 22.2. The van der Waals surface area contributed by atoms with E-state index in [2.05, 4.69) is 5.10 Å². The first-order valence-electron chi connectivity index (χ1n) is 9.80. The molecule has 0 unspecified atom stereocenters. The van der Waals surface area contributed by atoms with Crippen molar-refractivity contribution in [1.29, 1.82) is 0 Å². The molecular weight excluding hydrogens is 440 g/mol. The van der Waals surface area contributed by atoms with Crippen LogP contribution in [-0.2, 0) is 12.8 Å². The lowest BCUT2D eigenvalue weighted by atomic mass is 10.0. The number of aromatic hydroxyl groups is 2. The summed E-state index contributed by atoms with van der Waals surface area (Å²) in [5, 5.41) is 23.7. The number of ether oxygens (including phenoxy) is 1. The van der Waals surface area contributed by atoms with Crippen molar-refractivity contribution in [3.05, 3.63) is 89.5 Å². The highest BCUT2D eigenvalue weighted by Crippen LogP contribution is 2.35. The summed E-state index contributed by atoms with van der Waals surface area (Å²) in [5.41, 5.74) is 0.425. The molecule has 0 amide bonds. The molecule has 0 aliphatic heterocycles. The zero-order chi connectivity index (χ0) is 23.8. The maximum Gasteiger partial charge on any atom is 0.435 e. The van der Waals surface area contributed by atoms with Crippen LogP contribution in [0, 0.1) is 12.7 Å². The number of halogens is 4. The Hall–Kier alpha value is -4.01. The van der Waals surface area contributed by atoms with E-state index in [4.69, 9.17) is 4.74 Å². The second kappa shape index (κ2) is 8.50. The molecule has 0 bridgehead atoms. The van der Waals surface area contributed by atoms with Crippen molar-refractivity contribution in [3.8, 4) is 34.1 Å². The molecule has 4 aromatic rings. The number of benzene rings is 3. The smallest absolute Gasteiger partial charge is 0.435 e. The lowest BCUT2D eigenvalue weighted by molar-refractivity contribution is -0.141. The third-order valence-corrected chi connectivity index (χ3v) is 5.02. The van der Waals surface area contributed by atoms with Gasteiger partial charge < -0.3 is 14.9 Å². The van der Waals surface area contributed by atoms with Gasteiger partial charge in [0.25, 0.3) is 0 Å². The van der Waals surface area contributed by atoms with Crippen LogP contribution in [0.15, 0.2) is 66.7 Å². The largest absolute Gasteiger partial charge is 0.506 e. The van der Waals surface area contributed by atoms with Crippen LogP contribution in [0.25, 0.3) is 16.8 Å². The first-order chi connectivity index (χ1) is 15.6. The van der Waals surface area contributed by atoms with Crippen LogP contribution < -0.4 is 4.74 Å². The van der Waals surface area contributed by atoms with Crippen molar-refractivity contribution in [2.75, 3.05) is 0 Å². The van der Waals surface area contributed by atoms with E-state index in [-0.39, 0.29) is 23.8 Å². The fraction of sp³-hybridized carbons (Fsp3) is 0.125. The summed E-state index contributed by atoms with van der Waals surface area (Å²) in [6.07, 6.45) is -4.73. The number of nitrogens with zero attached hydrogens (tertiary/aromatic N) is 2. The van der Waals surface area contributed by atoms with Gasteiger partial charge in [0.1, 0.15) is 35.4 Å². The Kier molecular flexibility index (Phi) is 5.71. The van der Waals surface area contributed by atoms with Crippen LogP contribution in [0.5, 0.6) is 17.2 Å². The summed E-state index contributed by atoms with van der Waals surface area (Å²) in [7, 11) is 0. The van der Waals surface area contributed by atoms with Gasteiger partial charge in [0, 0.05) is 0 Å². The van der Waals surface area contributed by atoms with Crippen LogP contribution >= 0.6 is 0 Å². The predicted molar refractivity (Wildman–Crippen MR) is 113 cm³/mol. The third kappa shape index (κ3) is 4.62. The molecule has 0 aliphatic rings. The Balaban J connectivity index is 1.60. The first-order valence-corrected chi connectivity index (χ1v) is 9.80. The van der Waals surface area contributed by atoms with Gasteiger partial charge in [-0.1, -0.05) is 30.3 Å². The molecule has 2 N–H and O–H groups in total. The van der Waals surface area contributed by atoms with Crippen LogP contribution in [0.3, 0.4) is 0 Å². The molecule has 0 fully saturated rings. The van der Waals surface area contributed by atoms with E-state index >= 15 is 0 Å². The van der Waals surface area contributed by atoms with E-state index in [9.17, 15) is 27.8 Å². The van der Waals surface area contributed by atoms with Crippen molar-refractivity contribution in [3.63, 3.8) is 0 Å². The zero-order valence-electron chi connectivity index (χ0n) is 17.3. The van der Waals surface area contributed by atoms with Gasteiger partial charge in [-0.3, -0.25) is 0 Å². The number of rotatable bonds is 5. The molecule has 170 valence electrons. The number of aryl methyl sites for hydroxylation is 1. The molecule has 0 atom stereocenters. The number of hydrogen-bond acceptors (Lipinski definition) is 4. The number of aromatic nitrogens is 2. The normalized spacial score (nSPS) is 11.5. The molecule has 0 saturated carbocycles. The average Bonchev–Trinajstić information content (AvgIpc) is 3.19. The van der Waals surface area contributed by atoms with Gasteiger partial charge in [0.15, 0.2) is 5.69 Å². The Morgan fingerprint density at radius 2 is 1.55 bits per heavy atom. The van der Waals surface area contributed by atoms with Crippen LogP contribution in [-0.4, -0.2) is 20.0 Å². The highest BCUT2D eigenvalue weighted by atomic mass is 19.4. The number of phenols is 2. The Labute approximate surface area is 186 Å². The zero-order valence-corrected chi connectivity index (χ0v) is 17.3. The van der Waals surface area contributed by atoms with Crippen LogP contribution in [0.2, 0.25) is 0 Å². The van der Waals surface area contributed by atoms with Gasteiger partial charge in [0.05, 0.1) is 5.69 Å². The highest BCUT2D eigenvalue weighted by molar-refractivity contribution is 5.64. The van der Waals surface area contributed by atoms with Crippen LogP contribution in [0.4, 0.5) is 17.6 Å². The highest BCUT2D eigenvalue weighted by Gasteiger charge is 2.35. The van der Waals surface area contributed by atoms with E-state index < -0.39 is 23.4 Å². The summed E-state index contributed by atoms with van der Waals surface area (Å²) in [6, 6.07) is 16.1. The van der Waals surface area contributed by atoms with Gasteiger partial charge in [0.2, 0.25) is 0 Å². The van der Waals surface area contributed by atoms with E-state index in [1.807, 2.05) is 0 Å². The molecule has 1 heterocycles. The van der Waals surface area contributed by atoms with Crippen molar-refractivity contribution in [1.82, 2.24) is 9.78 Å². The minimum absolute atomic E-state index is 0.0381. The number of phenolic OH excluding ortho intramolecular Hbond substituents is 2. The second-order valence-corrected chi connectivity index (χ2v) is 7.35. The molecule has 3 aromatic carbocycles. The lowest BCUT2D eigenvalue weighted by Gasteiger charge is -2.12. The number of alkyl halides is 3. The fourth-order valence-electron chi connectivity index (χ4n) is 3.26. The quantitative estimate of drug-likeness (QED) is 0.360. The van der Waals surface area contributed by atoms with E-state index in [0.29, 0.717) is 16.9 Å². The minimum atomic E-state index is -4.73. The fourth-order valence-corrected chi connectivity index (χ4v) is 3.26.